The van der Waals surface area contributed by atoms with E-state index in [2.05, 4.69) is 36.1 Å². The summed E-state index contributed by atoms with van der Waals surface area (Å²) in [4.78, 5) is 9.97. The highest BCUT2D eigenvalue weighted by atomic mass is 79.9. The van der Waals surface area contributed by atoms with Crippen LogP contribution in [-0.4, -0.2) is 42.1 Å². The van der Waals surface area contributed by atoms with Crippen LogP contribution in [0.15, 0.2) is 10.7 Å². The summed E-state index contributed by atoms with van der Waals surface area (Å²) in [6.45, 7) is 1.76. The fourth-order valence-electron chi connectivity index (χ4n) is 0.867. The third-order valence-electron chi connectivity index (χ3n) is 1.57. The molecule has 1 heterocycles. The Morgan fingerprint density at radius 2 is 2.29 bits per heavy atom. The van der Waals surface area contributed by atoms with E-state index in [-0.39, 0.29) is 5.28 Å². The first kappa shape index (κ1) is 11.7. The Morgan fingerprint density at radius 3 is 2.93 bits per heavy atom. The number of rotatable bonds is 4. The molecule has 0 aliphatic heterocycles. The number of hydrogen-bond acceptors (Lipinski definition) is 4. The van der Waals surface area contributed by atoms with E-state index in [1.807, 2.05) is 14.1 Å². The Morgan fingerprint density at radius 1 is 1.57 bits per heavy atom. The molecule has 0 saturated carbocycles. The largest absolute Gasteiger partial charge is 0.368 e. The van der Waals surface area contributed by atoms with Crippen molar-refractivity contribution in [2.75, 3.05) is 32.5 Å². The van der Waals surface area contributed by atoms with Crippen LogP contribution in [0.5, 0.6) is 0 Å². The maximum atomic E-state index is 5.66. The van der Waals surface area contributed by atoms with Gasteiger partial charge in [0, 0.05) is 19.3 Å². The predicted molar refractivity (Wildman–Crippen MR) is 61.8 cm³/mol. The van der Waals surface area contributed by atoms with Crippen molar-refractivity contribution in [1.29, 1.82) is 0 Å². The van der Waals surface area contributed by atoms with Crippen molar-refractivity contribution in [2.24, 2.45) is 0 Å². The number of anilines is 1. The molecular weight excluding hydrogens is 267 g/mol. The van der Waals surface area contributed by atoms with Gasteiger partial charge in [-0.1, -0.05) is 0 Å². The van der Waals surface area contributed by atoms with Gasteiger partial charge in [0.15, 0.2) is 0 Å². The molecule has 0 aromatic carbocycles. The van der Waals surface area contributed by atoms with E-state index in [1.165, 1.54) is 0 Å². The second kappa shape index (κ2) is 5.48. The lowest BCUT2D eigenvalue weighted by molar-refractivity contribution is 0.425. The minimum Gasteiger partial charge on any atom is -0.368 e. The van der Waals surface area contributed by atoms with Gasteiger partial charge in [-0.15, -0.1) is 0 Å². The SMILES string of the molecule is CN(C)CCNc1nc(Cl)ncc1Br. The van der Waals surface area contributed by atoms with E-state index in [4.69, 9.17) is 11.6 Å². The van der Waals surface area contributed by atoms with Crippen LogP contribution in [0.1, 0.15) is 0 Å². The topological polar surface area (TPSA) is 41.0 Å². The number of nitrogens with zero attached hydrogens (tertiary/aromatic N) is 3. The van der Waals surface area contributed by atoms with Crippen molar-refractivity contribution >= 4 is 33.3 Å². The summed E-state index contributed by atoms with van der Waals surface area (Å²) >= 11 is 9.00. The fraction of sp³-hybridized carbons (Fsp3) is 0.500. The zero-order valence-corrected chi connectivity index (χ0v) is 10.4. The van der Waals surface area contributed by atoms with Crippen LogP contribution >= 0.6 is 27.5 Å². The maximum absolute atomic E-state index is 5.66. The molecule has 0 spiro atoms. The van der Waals surface area contributed by atoms with E-state index in [1.54, 1.807) is 6.20 Å². The summed E-state index contributed by atoms with van der Waals surface area (Å²) in [6, 6.07) is 0. The lowest BCUT2D eigenvalue weighted by Gasteiger charge is -2.11. The third kappa shape index (κ3) is 3.77. The Kier molecular flexibility index (Phi) is 4.57. The normalized spacial score (nSPS) is 10.6. The van der Waals surface area contributed by atoms with E-state index in [0.29, 0.717) is 0 Å². The van der Waals surface area contributed by atoms with E-state index in [9.17, 15) is 0 Å². The molecule has 0 fully saturated rings. The molecular formula is C8H12BrClN4. The van der Waals surface area contributed by atoms with Crippen LogP contribution in [0.2, 0.25) is 5.28 Å². The highest BCUT2D eigenvalue weighted by Crippen LogP contribution is 2.19. The number of aromatic nitrogens is 2. The Balaban J connectivity index is 2.53. The van der Waals surface area contributed by atoms with E-state index < -0.39 is 0 Å². The molecule has 0 aliphatic carbocycles. The highest BCUT2D eigenvalue weighted by molar-refractivity contribution is 9.10. The summed E-state index contributed by atoms with van der Waals surface area (Å²) < 4.78 is 0.820. The number of hydrogen-bond donors (Lipinski definition) is 1. The van der Waals surface area contributed by atoms with Gasteiger partial charge in [-0.3, -0.25) is 0 Å². The average molecular weight is 280 g/mol. The summed E-state index contributed by atoms with van der Waals surface area (Å²) in [5.74, 6) is 0.729. The van der Waals surface area contributed by atoms with Crippen molar-refractivity contribution in [2.45, 2.75) is 0 Å². The minimum atomic E-state index is 0.251. The van der Waals surface area contributed by atoms with Crippen LogP contribution < -0.4 is 5.32 Å². The van der Waals surface area contributed by atoms with Gasteiger partial charge in [0.1, 0.15) is 5.82 Å². The summed E-state index contributed by atoms with van der Waals surface area (Å²) in [6.07, 6.45) is 1.63. The van der Waals surface area contributed by atoms with Crippen LogP contribution in [0.25, 0.3) is 0 Å². The molecule has 0 bridgehead atoms. The Bertz CT molecular complexity index is 305. The first-order valence-corrected chi connectivity index (χ1v) is 5.33. The van der Waals surface area contributed by atoms with Gasteiger partial charge in [0.2, 0.25) is 5.28 Å². The molecule has 4 nitrogen and oxygen atoms in total. The van der Waals surface area contributed by atoms with Crippen molar-refractivity contribution in [3.8, 4) is 0 Å². The smallest absolute Gasteiger partial charge is 0.224 e. The molecule has 1 rings (SSSR count). The molecule has 1 N–H and O–H groups in total. The van der Waals surface area contributed by atoms with Crippen molar-refractivity contribution in [3.63, 3.8) is 0 Å². The monoisotopic (exact) mass is 278 g/mol. The number of halogens is 2. The first-order valence-electron chi connectivity index (χ1n) is 4.16. The predicted octanol–water partition coefficient (Wildman–Crippen LogP) is 1.87. The molecule has 0 unspecified atom stereocenters. The van der Waals surface area contributed by atoms with Gasteiger partial charge < -0.3 is 10.2 Å². The van der Waals surface area contributed by atoms with Crippen LogP contribution in [0, 0.1) is 0 Å². The number of nitrogens with one attached hydrogen (secondary N) is 1. The van der Waals surface area contributed by atoms with Crippen molar-refractivity contribution in [3.05, 3.63) is 16.0 Å². The van der Waals surface area contributed by atoms with Gasteiger partial charge in [0.05, 0.1) is 4.47 Å². The van der Waals surface area contributed by atoms with Crippen molar-refractivity contribution < 1.29 is 0 Å². The Hall–Kier alpha value is -0.390. The summed E-state index contributed by atoms with van der Waals surface area (Å²) in [5, 5.41) is 3.41. The van der Waals surface area contributed by atoms with Gasteiger partial charge in [-0.25, -0.2) is 4.98 Å². The molecule has 6 heteroatoms. The second-order valence-electron chi connectivity index (χ2n) is 3.07. The molecule has 1 aromatic rings. The summed E-state index contributed by atoms with van der Waals surface area (Å²) in [7, 11) is 4.04. The van der Waals surface area contributed by atoms with Crippen LogP contribution in [0.3, 0.4) is 0 Å². The molecule has 0 aliphatic rings. The molecule has 0 atom stereocenters. The van der Waals surface area contributed by atoms with Crippen molar-refractivity contribution in [1.82, 2.24) is 14.9 Å². The zero-order chi connectivity index (χ0) is 10.6. The molecule has 0 amide bonds. The van der Waals surface area contributed by atoms with E-state index >= 15 is 0 Å². The third-order valence-corrected chi connectivity index (χ3v) is 2.33. The van der Waals surface area contributed by atoms with Gasteiger partial charge in [-0.2, -0.15) is 4.98 Å². The number of likely N-dealkylation sites (N-methyl/N-ethyl adjacent to an activating group) is 1. The molecule has 0 saturated heterocycles. The summed E-state index contributed by atoms with van der Waals surface area (Å²) in [5.41, 5.74) is 0. The maximum Gasteiger partial charge on any atom is 0.224 e. The molecule has 78 valence electrons. The minimum absolute atomic E-state index is 0.251. The average Bonchev–Trinajstić information content (AvgIpc) is 2.10. The standard InChI is InChI=1S/C8H12BrClN4/c1-14(2)4-3-11-7-6(9)5-12-8(10)13-7/h5H,3-4H2,1-2H3,(H,11,12,13). The molecule has 1 aromatic heterocycles. The fourth-order valence-corrected chi connectivity index (χ4v) is 1.33. The van der Waals surface area contributed by atoms with Gasteiger partial charge >= 0.3 is 0 Å². The van der Waals surface area contributed by atoms with Crippen LogP contribution in [-0.2, 0) is 0 Å². The molecule has 14 heavy (non-hydrogen) atoms. The quantitative estimate of drug-likeness (QED) is 0.854. The Labute approximate surface area is 96.8 Å². The zero-order valence-electron chi connectivity index (χ0n) is 8.09. The second-order valence-corrected chi connectivity index (χ2v) is 4.26. The van der Waals surface area contributed by atoms with Crippen LogP contribution in [0.4, 0.5) is 5.82 Å². The van der Waals surface area contributed by atoms with Gasteiger partial charge in [-0.05, 0) is 41.6 Å². The molecule has 0 radical (unpaired) electrons. The van der Waals surface area contributed by atoms with Gasteiger partial charge in [0.25, 0.3) is 0 Å². The highest BCUT2D eigenvalue weighted by Gasteiger charge is 2.02. The lowest BCUT2D eigenvalue weighted by Crippen LogP contribution is -2.21. The first-order chi connectivity index (χ1) is 6.59. The van der Waals surface area contributed by atoms with E-state index in [0.717, 1.165) is 23.4 Å². The lowest BCUT2D eigenvalue weighted by atomic mass is 10.5.